The van der Waals surface area contributed by atoms with Gasteiger partial charge in [-0.05, 0) is 25.0 Å². The number of benzene rings is 2. The lowest BCUT2D eigenvalue weighted by atomic mass is 10.0. The zero-order chi connectivity index (χ0) is 20.4. The van der Waals surface area contributed by atoms with E-state index in [9.17, 15) is 14.4 Å². The molecule has 1 aliphatic rings. The first-order valence-corrected chi connectivity index (χ1v) is 9.72. The van der Waals surface area contributed by atoms with Crippen molar-refractivity contribution in [2.45, 2.75) is 25.6 Å². The summed E-state index contributed by atoms with van der Waals surface area (Å²) in [5, 5.41) is 10.6. The molecular formula is C23H22FN3O2. The second-order valence-electron chi connectivity index (χ2n) is 7.31. The molecule has 1 aromatic heterocycles. The van der Waals surface area contributed by atoms with Gasteiger partial charge in [-0.15, -0.1) is 0 Å². The van der Waals surface area contributed by atoms with Gasteiger partial charge in [0.1, 0.15) is 17.4 Å². The number of aryl methyl sites for hydroxylation is 1. The first-order chi connectivity index (χ1) is 14.1. The van der Waals surface area contributed by atoms with Gasteiger partial charge in [-0.3, -0.25) is 4.79 Å². The molecule has 3 aromatic rings. The summed E-state index contributed by atoms with van der Waals surface area (Å²) < 4.78 is 21.2. The summed E-state index contributed by atoms with van der Waals surface area (Å²) in [4.78, 5) is 14.8. The zero-order valence-corrected chi connectivity index (χ0v) is 16.3. The Morgan fingerprint density at radius 2 is 1.83 bits per heavy atom. The first kappa shape index (κ1) is 19.2. The average molecular weight is 391 g/mol. The lowest BCUT2D eigenvalue weighted by Gasteiger charge is -2.34. The van der Waals surface area contributed by atoms with Gasteiger partial charge in [0.05, 0.1) is 23.9 Å². The highest BCUT2D eigenvalue weighted by atomic mass is 19.1. The summed E-state index contributed by atoms with van der Waals surface area (Å²) in [6.07, 6.45) is 1.53. The summed E-state index contributed by atoms with van der Waals surface area (Å²) in [5.41, 5.74) is 1.97. The average Bonchev–Trinajstić information content (AvgIpc) is 2.76. The van der Waals surface area contributed by atoms with E-state index in [0.717, 1.165) is 23.7 Å². The number of anilines is 1. The fourth-order valence-corrected chi connectivity index (χ4v) is 3.98. The van der Waals surface area contributed by atoms with Crippen molar-refractivity contribution in [3.05, 3.63) is 75.8 Å². The molecule has 5 nitrogen and oxygen atoms in total. The van der Waals surface area contributed by atoms with Gasteiger partial charge in [0, 0.05) is 31.1 Å². The van der Waals surface area contributed by atoms with Crippen LogP contribution in [0.15, 0.2) is 53.3 Å². The number of hydrogen-bond acceptors (Lipinski definition) is 4. The van der Waals surface area contributed by atoms with Crippen LogP contribution in [-0.2, 0) is 18.4 Å². The molecule has 2 aromatic carbocycles. The third kappa shape index (κ3) is 3.62. The summed E-state index contributed by atoms with van der Waals surface area (Å²) in [6.45, 7) is 1.59. The SMILES string of the molecule is Cn1c(=O)c(C#N)c(N2CCC(OCc3ccccc3F)CC2)c2ccccc21. The number of piperidine rings is 1. The molecule has 0 bridgehead atoms. The van der Waals surface area contributed by atoms with Gasteiger partial charge in [-0.2, -0.15) is 5.26 Å². The molecule has 0 radical (unpaired) electrons. The standard InChI is InChI=1S/C23H22FN3O2/c1-26-21-9-5-3-7-18(21)22(19(14-25)23(26)28)27-12-10-17(11-13-27)29-15-16-6-2-4-8-20(16)24/h2-9,17H,10-13,15H2,1H3. The van der Waals surface area contributed by atoms with Gasteiger partial charge in [0.15, 0.2) is 0 Å². The third-order valence-corrected chi connectivity index (χ3v) is 5.58. The number of pyridine rings is 1. The Labute approximate surface area is 168 Å². The Balaban J connectivity index is 1.54. The number of nitriles is 1. The fourth-order valence-electron chi connectivity index (χ4n) is 3.98. The number of aromatic nitrogens is 1. The van der Waals surface area contributed by atoms with Crippen LogP contribution in [0.1, 0.15) is 24.0 Å². The van der Waals surface area contributed by atoms with E-state index >= 15 is 0 Å². The first-order valence-electron chi connectivity index (χ1n) is 9.72. The summed E-state index contributed by atoms with van der Waals surface area (Å²) in [5.74, 6) is -0.254. The topological polar surface area (TPSA) is 58.3 Å². The van der Waals surface area contributed by atoms with E-state index in [4.69, 9.17) is 4.74 Å². The smallest absolute Gasteiger partial charge is 0.270 e. The van der Waals surface area contributed by atoms with Crippen LogP contribution in [0.5, 0.6) is 0 Å². The van der Waals surface area contributed by atoms with Gasteiger partial charge >= 0.3 is 0 Å². The van der Waals surface area contributed by atoms with Crippen LogP contribution >= 0.6 is 0 Å². The second kappa shape index (κ2) is 8.06. The zero-order valence-electron chi connectivity index (χ0n) is 16.3. The van der Waals surface area contributed by atoms with Gasteiger partial charge < -0.3 is 14.2 Å². The minimum absolute atomic E-state index is 0.0224. The Morgan fingerprint density at radius 3 is 2.55 bits per heavy atom. The lowest BCUT2D eigenvalue weighted by molar-refractivity contribution is 0.0238. The van der Waals surface area contributed by atoms with E-state index in [-0.39, 0.29) is 29.7 Å². The number of rotatable bonds is 4. The van der Waals surface area contributed by atoms with Crippen molar-refractivity contribution in [2.75, 3.05) is 18.0 Å². The van der Waals surface area contributed by atoms with E-state index in [2.05, 4.69) is 11.0 Å². The minimum Gasteiger partial charge on any atom is -0.373 e. The Kier molecular flexibility index (Phi) is 5.32. The number of ether oxygens (including phenoxy) is 1. The lowest BCUT2D eigenvalue weighted by Crippen LogP contribution is -2.39. The highest BCUT2D eigenvalue weighted by Gasteiger charge is 2.25. The number of fused-ring (bicyclic) bond motifs is 1. The monoisotopic (exact) mass is 391 g/mol. The van der Waals surface area contributed by atoms with Crippen LogP contribution in [-0.4, -0.2) is 23.8 Å². The van der Waals surface area contributed by atoms with Gasteiger partial charge in [0.25, 0.3) is 5.56 Å². The van der Waals surface area contributed by atoms with Crippen LogP contribution in [0.2, 0.25) is 0 Å². The van der Waals surface area contributed by atoms with Gasteiger partial charge in [-0.1, -0.05) is 36.4 Å². The van der Waals surface area contributed by atoms with Crippen molar-refractivity contribution in [1.29, 1.82) is 5.26 Å². The fraction of sp³-hybridized carbons (Fsp3) is 0.304. The van der Waals surface area contributed by atoms with Crippen molar-refractivity contribution in [2.24, 2.45) is 7.05 Å². The quantitative estimate of drug-likeness (QED) is 0.680. The molecule has 1 saturated heterocycles. The Bertz CT molecular complexity index is 1140. The molecule has 1 fully saturated rings. The minimum atomic E-state index is -0.279. The number of para-hydroxylation sites is 1. The van der Waals surface area contributed by atoms with Crippen molar-refractivity contribution in [3.8, 4) is 6.07 Å². The largest absolute Gasteiger partial charge is 0.373 e. The molecule has 0 saturated carbocycles. The van der Waals surface area contributed by atoms with Crippen LogP contribution < -0.4 is 10.5 Å². The number of hydrogen-bond donors (Lipinski definition) is 0. The predicted molar refractivity (Wildman–Crippen MR) is 110 cm³/mol. The molecule has 2 heterocycles. The highest BCUT2D eigenvalue weighted by molar-refractivity contribution is 5.94. The maximum Gasteiger partial charge on any atom is 0.270 e. The van der Waals surface area contributed by atoms with E-state index in [0.29, 0.717) is 24.3 Å². The molecule has 148 valence electrons. The maximum atomic E-state index is 13.8. The predicted octanol–water partition coefficient (Wildman–Crippen LogP) is 3.73. The van der Waals surface area contributed by atoms with Crippen LogP contribution in [0.4, 0.5) is 10.1 Å². The van der Waals surface area contributed by atoms with Crippen molar-refractivity contribution < 1.29 is 9.13 Å². The van der Waals surface area contributed by atoms with Gasteiger partial charge in [-0.25, -0.2) is 4.39 Å². The van der Waals surface area contributed by atoms with Gasteiger partial charge in [0.2, 0.25) is 0 Å². The van der Waals surface area contributed by atoms with E-state index in [1.807, 2.05) is 24.3 Å². The Hall–Kier alpha value is -3.17. The Morgan fingerprint density at radius 1 is 1.14 bits per heavy atom. The van der Waals surface area contributed by atoms with Crippen LogP contribution in [0.3, 0.4) is 0 Å². The summed E-state index contributed by atoms with van der Waals surface area (Å²) in [7, 11) is 1.69. The molecule has 0 spiro atoms. The van der Waals surface area contributed by atoms with E-state index < -0.39 is 0 Å². The van der Waals surface area contributed by atoms with Crippen LogP contribution in [0, 0.1) is 17.1 Å². The molecule has 4 rings (SSSR count). The molecule has 1 aliphatic heterocycles. The van der Waals surface area contributed by atoms with Crippen molar-refractivity contribution in [1.82, 2.24) is 4.57 Å². The maximum absolute atomic E-state index is 13.8. The molecule has 0 aliphatic carbocycles. The molecular weight excluding hydrogens is 369 g/mol. The molecule has 0 unspecified atom stereocenters. The van der Waals surface area contributed by atoms with Crippen molar-refractivity contribution >= 4 is 16.6 Å². The second-order valence-corrected chi connectivity index (χ2v) is 7.31. The molecule has 0 N–H and O–H groups in total. The number of nitrogens with zero attached hydrogens (tertiary/aromatic N) is 3. The third-order valence-electron chi connectivity index (χ3n) is 5.58. The molecule has 29 heavy (non-hydrogen) atoms. The highest BCUT2D eigenvalue weighted by Crippen LogP contribution is 2.31. The van der Waals surface area contributed by atoms with Crippen molar-refractivity contribution in [3.63, 3.8) is 0 Å². The summed E-state index contributed by atoms with van der Waals surface area (Å²) >= 11 is 0. The molecule has 0 atom stereocenters. The normalized spacial score (nSPS) is 14.9. The molecule has 0 amide bonds. The number of halogens is 1. The van der Waals surface area contributed by atoms with Crippen LogP contribution in [0.25, 0.3) is 10.9 Å². The molecule has 6 heteroatoms. The summed E-state index contributed by atoms with van der Waals surface area (Å²) in [6, 6.07) is 16.4. The van der Waals surface area contributed by atoms with E-state index in [1.54, 1.807) is 25.2 Å². The van der Waals surface area contributed by atoms with E-state index in [1.165, 1.54) is 10.6 Å².